The predicted molar refractivity (Wildman–Crippen MR) is 67.6 cm³/mol. The molecule has 0 aliphatic heterocycles. The second-order valence-corrected chi connectivity index (χ2v) is 3.54. The van der Waals surface area contributed by atoms with E-state index >= 15 is 0 Å². The van der Waals surface area contributed by atoms with Crippen LogP contribution < -0.4 is 5.73 Å². The van der Waals surface area contributed by atoms with Crippen molar-refractivity contribution in [3.05, 3.63) is 47.4 Å². The molecule has 1 aromatic carbocycles. The van der Waals surface area contributed by atoms with Crippen molar-refractivity contribution in [2.24, 2.45) is 5.73 Å². The summed E-state index contributed by atoms with van der Waals surface area (Å²) in [6, 6.07) is 9.39. The summed E-state index contributed by atoms with van der Waals surface area (Å²) < 4.78 is 0. The Kier molecular flexibility index (Phi) is 4.68. The van der Waals surface area contributed by atoms with Gasteiger partial charge in [-0.15, -0.1) is 12.4 Å². The highest BCUT2D eigenvalue weighted by molar-refractivity contribution is 6.30. The lowest BCUT2D eigenvalue weighted by Gasteiger charge is -2.02. The smallest absolute Gasteiger partial charge is 0.116 e. The molecule has 0 unspecified atom stereocenters. The molecule has 2 aromatic rings. The van der Waals surface area contributed by atoms with Crippen molar-refractivity contribution < 1.29 is 0 Å². The van der Waals surface area contributed by atoms with E-state index in [4.69, 9.17) is 17.3 Å². The van der Waals surface area contributed by atoms with Crippen LogP contribution in [0.3, 0.4) is 0 Å². The summed E-state index contributed by atoms with van der Waals surface area (Å²) in [5, 5.41) is 0.715. The zero-order valence-corrected chi connectivity index (χ0v) is 10.0. The zero-order valence-electron chi connectivity index (χ0n) is 8.43. The lowest BCUT2D eigenvalue weighted by molar-refractivity contribution is 0.966. The molecule has 1 aromatic heterocycles. The molecule has 2 N–H and O–H groups in total. The van der Waals surface area contributed by atoms with E-state index in [-0.39, 0.29) is 12.4 Å². The van der Waals surface area contributed by atoms with Crippen LogP contribution in [0, 0.1) is 0 Å². The van der Waals surface area contributed by atoms with E-state index in [1.54, 1.807) is 0 Å². The molecule has 0 saturated heterocycles. The van der Waals surface area contributed by atoms with Crippen LogP contribution in [-0.4, -0.2) is 9.97 Å². The number of aromatic nitrogens is 2. The Morgan fingerprint density at radius 3 is 2.44 bits per heavy atom. The van der Waals surface area contributed by atoms with Gasteiger partial charge in [-0.25, -0.2) is 9.97 Å². The Morgan fingerprint density at radius 2 is 1.81 bits per heavy atom. The molecule has 0 fully saturated rings. The highest BCUT2D eigenvalue weighted by Crippen LogP contribution is 2.19. The minimum Gasteiger partial charge on any atom is -0.325 e. The third-order valence-corrected chi connectivity index (χ3v) is 2.32. The summed E-state index contributed by atoms with van der Waals surface area (Å²) in [5.41, 5.74) is 8.21. The number of nitrogens with zero attached hydrogens (tertiary/aromatic N) is 2. The summed E-state index contributed by atoms with van der Waals surface area (Å²) in [7, 11) is 0. The van der Waals surface area contributed by atoms with Crippen LogP contribution in [0.2, 0.25) is 5.02 Å². The van der Waals surface area contributed by atoms with Crippen molar-refractivity contribution in [2.45, 2.75) is 6.54 Å². The second kappa shape index (κ2) is 5.80. The summed E-state index contributed by atoms with van der Waals surface area (Å²) in [4.78, 5) is 8.22. The standard InChI is InChI=1S/C11H10ClN3.ClH/c12-9-3-1-8(2-4-9)11-5-10(6-13)14-7-15-11;/h1-5,7H,6,13H2;1H. The topological polar surface area (TPSA) is 51.8 Å². The van der Waals surface area contributed by atoms with Gasteiger partial charge in [0, 0.05) is 17.1 Å². The Morgan fingerprint density at radius 1 is 1.12 bits per heavy atom. The highest BCUT2D eigenvalue weighted by atomic mass is 35.5. The van der Waals surface area contributed by atoms with Crippen LogP contribution in [0.25, 0.3) is 11.3 Å². The van der Waals surface area contributed by atoms with Gasteiger partial charge in [0.2, 0.25) is 0 Å². The maximum Gasteiger partial charge on any atom is 0.116 e. The molecule has 5 heteroatoms. The molecule has 0 spiro atoms. The van der Waals surface area contributed by atoms with Gasteiger partial charge in [-0.2, -0.15) is 0 Å². The fourth-order valence-corrected chi connectivity index (χ4v) is 1.41. The quantitative estimate of drug-likeness (QED) is 0.898. The van der Waals surface area contributed by atoms with Crippen molar-refractivity contribution in [1.29, 1.82) is 0 Å². The van der Waals surface area contributed by atoms with Crippen LogP contribution in [-0.2, 0) is 6.54 Å². The molecule has 0 radical (unpaired) electrons. The summed E-state index contributed by atoms with van der Waals surface area (Å²) in [6.07, 6.45) is 1.52. The van der Waals surface area contributed by atoms with Gasteiger partial charge in [-0.3, -0.25) is 0 Å². The van der Waals surface area contributed by atoms with Crippen LogP contribution in [0.15, 0.2) is 36.7 Å². The van der Waals surface area contributed by atoms with Crippen LogP contribution in [0.4, 0.5) is 0 Å². The SMILES string of the molecule is Cl.NCc1cc(-c2ccc(Cl)cc2)ncn1. The molecule has 0 saturated carbocycles. The third kappa shape index (κ3) is 2.92. The molecule has 0 aliphatic carbocycles. The van der Waals surface area contributed by atoms with E-state index < -0.39 is 0 Å². The molecule has 1 heterocycles. The number of benzene rings is 1. The number of nitrogens with two attached hydrogens (primary N) is 1. The van der Waals surface area contributed by atoms with Crippen LogP contribution in [0.1, 0.15) is 5.69 Å². The zero-order chi connectivity index (χ0) is 10.7. The average molecular weight is 256 g/mol. The first-order valence-electron chi connectivity index (χ1n) is 4.56. The summed E-state index contributed by atoms with van der Waals surface area (Å²) >= 11 is 5.80. The van der Waals surface area contributed by atoms with Crippen molar-refractivity contribution >= 4 is 24.0 Å². The molecule has 0 bridgehead atoms. The number of halogens is 2. The molecule has 0 atom stereocenters. The fourth-order valence-electron chi connectivity index (χ4n) is 1.29. The Bertz CT molecular complexity index is 457. The van der Waals surface area contributed by atoms with Gasteiger partial charge in [0.15, 0.2) is 0 Å². The monoisotopic (exact) mass is 255 g/mol. The molecule has 0 aliphatic rings. The van der Waals surface area contributed by atoms with Gasteiger partial charge >= 0.3 is 0 Å². The normalized spacial score (nSPS) is 9.62. The minimum absolute atomic E-state index is 0. The van der Waals surface area contributed by atoms with E-state index in [0.717, 1.165) is 17.0 Å². The minimum atomic E-state index is 0. The highest BCUT2D eigenvalue weighted by Gasteiger charge is 2.00. The summed E-state index contributed by atoms with van der Waals surface area (Å²) in [5.74, 6) is 0. The van der Waals surface area contributed by atoms with Crippen LogP contribution in [0.5, 0.6) is 0 Å². The molecule has 3 nitrogen and oxygen atoms in total. The Labute approximate surface area is 105 Å². The van der Waals surface area contributed by atoms with Crippen LogP contribution >= 0.6 is 24.0 Å². The van der Waals surface area contributed by atoms with E-state index in [1.165, 1.54) is 6.33 Å². The maximum absolute atomic E-state index is 5.80. The van der Waals surface area contributed by atoms with E-state index in [2.05, 4.69) is 9.97 Å². The first-order valence-corrected chi connectivity index (χ1v) is 4.94. The van der Waals surface area contributed by atoms with E-state index in [9.17, 15) is 0 Å². The Hall–Kier alpha value is -1.16. The van der Waals surface area contributed by atoms with Crippen molar-refractivity contribution in [3.8, 4) is 11.3 Å². The molecular formula is C11H11Cl2N3. The van der Waals surface area contributed by atoms with E-state index in [1.807, 2.05) is 30.3 Å². The maximum atomic E-state index is 5.80. The molecular weight excluding hydrogens is 245 g/mol. The number of hydrogen-bond acceptors (Lipinski definition) is 3. The lowest BCUT2D eigenvalue weighted by atomic mass is 10.1. The van der Waals surface area contributed by atoms with Crippen molar-refractivity contribution in [3.63, 3.8) is 0 Å². The molecule has 84 valence electrons. The van der Waals surface area contributed by atoms with Crippen molar-refractivity contribution in [2.75, 3.05) is 0 Å². The number of hydrogen-bond donors (Lipinski definition) is 1. The van der Waals surface area contributed by atoms with E-state index in [0.29, 0.717) is 11.6 Å². The number of rotatable bonds is 2. The van der Waals surface area contributed by atoms with Gasteiger partial charge < -0.3 is 5.73 Å². The summed E-state index contributed by atoms with van der Waals surface area (Å²) in [6.45, 7) is 0.420. The second-order valence-electron chi connectivity index (χ2n) is 3.11. The molecule has 2 rings (SSSR count). The third-order valence-electron chi connectivity index (χ3n) is 2.07. The predicted octanol–water partition coefficient (Wildman–Crippen LogP) is 2.68. The van der Waals surface area contributed by atoms with Gasteiger partial charge in [0.1, 0.15) is 6.33 Å². The van der Waals surface area contributed by atoms with Crippen molar-refractivity contribution in [1.82, 2.24) is 9.97 Å². The first kappa shape index (κ1) is 12.9. The molecule has 16 heavy (non-hydrogen) atoms. The van der Waals surface area contributed by atoms with Gasteiger partial charge in [0.25, 0.3) is 0 Å². The lowest BCUT2D eigenvalue weighted by Crippen LogP contribution is -2.00. The Balaban J connectivity index is 0.00000128. The van der Waals surface area contributed by atoms with Gasteiger partial charge in [-0.05, 0) is 18.2 Å². The molecule has 0 amide bonds. The first-order chi connectivity index (χ1) is 7.29. The van der Waals surface area contributed by atoms with Gasteiger partial charge in [-0.1, -0.05) is 23.7 Å². The fraction of sp³-hybridized carbons (Fsp3) is 0.0909. The largest absolute Gasteiger partial charge is 0.325 e. The van der Waals surface area contributed by atoms with Gasteiger partial charge in [0.05, 0.1) is 11.4 Å². The average Bonchev–Trinajstić information content (AvgIpc) is 2.30.